The van der Waals surface area contributed by atoms with Crippen molar-refractivity contribution in [2.75, 3.05) is 0 Å². The molecule has 6 heteroatoms. The van der Waals surface area contributed by atoms with E-state index in [9.17, 15) is 0 Å². The second-order valence-electron chi connectivity index (χ2n) is 16.4. The SMILES string of the molecule is CC1(C)c2ccccc2-c2cc(-n3c4[c-]c(Oc5[c-]c(-n6[c-][n+](-c7c(-c8ccccc8)cccc7-c7ccccc7)c7ccccc76)ccc5)ccc4c4ccccc43)ncc21.[Pt]. The zero-order valence-electron chi connectivity index (χ0n) is 34.5. The molecular weight excluding hydrogens is 952 g/mol. The smallest absolute Gasteiger partial charge is 0.268 e. The van der Waals surface area contributed by atoms with Gasteiger partial charge < -0.3 is 13.9 Å². The summed E-state index contributed by atoms with van der Waals surface area (Å²) in [6, 6.07) is 72.8. The Labute approximate surface area is 380 Å². The third-order valence-electron chi connectivity index (χ3n) is 12.4. The molecule has 5 nitrogen and oxygen atoms in total. The van der Waals surface area contributed by atoms with Crippen molar-refractivity contribution in [1.82, 2.24) is 14.1 Å². The molecule has 0 saturated heterocycles. The molecule has 0 spiro atoms. The van der Waals surface area contributed by atoms with E-state index < -0.39 is 0 Å². The minimum absolute atomic E-state index is 0. The van der Waals surface area contributed by atoms with Crippen molar-refractivity contribution in [3.05, 3.63) is 224 Å². The molecule has 0 unspecified atom stereocenters. The molecular formula is C57H38N4OPt-2. The van der Waals surface area contributed by atoms with Crippen molar-refractivity contribution in [2.24, 2.45) is 0 Å². The van der Waals surface area contributed by atoms with Crippen LogP contribution < -0.4 is 9.30 Å². The number of ether oxygens (including phenoxy) is 1. The first-order chi connectivity index (χ1) is 30.5. The third-order valence-corrected chi connectivity index (χ3v) is 12.4. The Bertz CT molecular complexity index is 3470. The summed E-state index contributed by atoms with van der Waals surface area (Å²) in [5.74, 6) is 2.00. The Balaban J connectivity index is 0.00000444. The van der Waals surface area contributed by atoms with Crippen LogP contribution in [0.25, 0.3) is 83.4 Å². The number of pyridine rings is 1. The van der Waals surface area contributed by atoms with E-state index in [1.165, 1.54) is 22.3 Å². The van der Waals surface area contributed by atoms with E-state index >= 15 is 0 Å². The van der Waals surface area contributed by atoms with Gasteiger partial charge in [-0.2, -0.15) is 18.2 Å². The van der Waals surface area contributed by atoms with Crippen molar-refractivity contribution in [3.63, 3.8) is 0 Å². The molecule has 0 bridgehead atoms. The van der Waals surface area contributed by atoms with Gasteiger partial charge in [-0.05, 0) is 67.7 Å². The average molecular weight is 990 g/mol. The number of hydrogen-bond donors (Lipinski definition) is 0. The van der Waals surface area contributed by atoms with Crippen LogP contribution in [0.5, 0.6) is 11.5 Å². The summed E-state index contributed by atoms with van der Waals surface area (Å²) in [5, 5.41) is 2.21. The topological polar surface area (TPSA) is 35.9 Å². The zero-order valence-corrected chi connectivity index (χ0v) is 36.8. The fraction of sp³-hybridized carbons (Fsp3) is 0.0526. The summed E-state index contributed by atoms with van der Waals surface area (Å²) in [4.78, 5) is 5.11. The molecule has 3 aromatic heterocycles. The molecule has 0 radical (unpaired) electrons. The Morgan fingerprint density at radius 1 is 0.540 bits per heavy atom. The summed E-state index contributed by atoms with van der Waals surface area (Å²) in [6.45, 7) is 4.56. The number of benzene rings is 8. The fourth-order valence-corrected chi connectivity index (χ4v) is 9.50. The van der Waals surface area contributed by atoms with Gasteiger partial charge in [-0.3, -0.25) is 4.57 Å². The molecule has 0 saturated carbocycles. The molecule has 0 atom stereocenters. The van der Waals surface area contributed by atoms with Crippen LogP contribution in [0.3, 0.4) is 0 Å². The van der Waals surface area contributed by atoms with Gasteiger partial charge >= 0.3 is 0 Å². The van der Waals surface area contributed by atoms with Crippen LogP contribution in [0, 0.1) is 18.5 Å². The number of fused-ring (bicyclic) bond motifs is 7. The van der Waals surface area contributed by atoms with Crippen molar-refractivity contribution in [2.45, 2.75) is 19.3 Å². The molecule has 8 aromatic carbocycles. The van der Waals surface area contributed by atoms with Crippen LogP contribution >= 0.6 is 0 Å². The second kappa shape index (κ2) is 15.2. The maximum Gasteiger partial charge on any atom is 0.268 e. The van der Waals surface area contributed by atoms with Gasteiger partial charge in [0.25, 0.3) is 6.33 Å². The predicted octanol–water partition coefficient (Wildman–Crippen LogP) is 13.2. The van der Waals surface area contributed by atoms with Gasteiger partial charge in [-0.25, -0.2) is 4.98 Å². The number of hydrogen-bond acceptors (Lipinski definition) is 2. The van der Waals surface area contributed by atoms with Crippen LogP contribution in [0.4, 0.5) is 0 Å². The fourth-order valence-electron chi connectivity index (χ4n) is 9.50. The number of imidazole rings is 1. The molecule has 3 heterocycles. The Kier molecular flexibility index (Phi) is 9.33. The van der Waals surface area contributed by atoms with Gasteiger partial charge in [0.1, 0.15) is 5.82 Å². The van der Waals surface area contributed by atoms with Crippen molar-refractivity contribution < 1.29 is 30.4 Å². The van der Waals surface area contributed by atoms with Crippen LogP contribution in [0.2, 0.25) is 0 Å². The minimum atomic E-state index is -0.126. The van der Waals surface area contributed by atoms with E-state index in [4.69, 9.17) is 9.72 Å². The van der Waals surface area contributed by atoms with Crippen molar-refractivity contribution in [1.29, 1.82) is 0 Å². The van der Waals surface area contributed by atoms with Crippen LogP contribution in [-0.4, -0.2) is 14.1 Å². The molecule has 0 N–H and O–H groups in total. The molecule has 1 aliphatic rings. The van der Waals surface area contributed by atoms with Gasteiger partial charge in [-0.15, -0.1) is 29.7 Å². The van der Waals surface area contributed by atoms with E-state index in [0.717, 1.165) is 72.3 Å². The Hall–Kier alpha value is -7.33. The monoisotopic (exact) mass is 989 g/mol. The third kappa shape index (κ3) is 6.26. The maximum atomic E-state index is 6.66. The first kappa shape index (κ1) is 38.6. The van der Waals surface area contributed by atoms with E-state index in [-0.39, 0.29) is 26.5 Å². The summed E-state index contributed by atoms with van der Waals surface area (Å²) < 4.78 is 13.1. The molecule has 304 valence electrons. The van der Waals surface area contributed by atoms with Crippen molar-refractivity contribution in [3.8, 4) is 62.1 Å². The van der Waals surface area contributed by atoms with Crippen molar-refractivity contribution >= 4 is 32.8 Å². The van der Waals surface area contributed by atoms with Gasteiger partial charge in [0.2, 0.25) is 0 Å². The quantitative estimate of drug-likeness (QED) is 0.118. The van der Waals surface area contributed by atoms with Crippen LogP contribution in [0.15, 0.2) is 194 Å². The van der Waals surface area contributed by atoms with Gasteiger partial charge in [0.15, 0.2) is 0 Å². The van der Waals surface area contributed by atoms with E-state index in [1.807, 2.05) is 24.3 Å². The first-order valence-corrected chi connectivity index (χ1v) is 21.0. The first-order valence-electron chi connectivity index (χ1n) is 21.0. The molecule has 1 aliphatic carbocycles. The molecule has 12 rings (SSSR count). The zero-order chi connectivity index (χ0) is 41.4. The molecule has 0 amide bonds. The average Bonchev–Trinajstić information content (AvgIpc) is 3.95. The van der Waals surface area contributed by atoms with E-state index in [1.54, 1.807) is 0 Å². The second-order valence-corrected chi connectivity index (χ2v) is 16.4. The van der Waals surface area contributed by atoms with Crippen LogP contribution in [-0.2, 0) is 26.5 Å². The van der Waals surface area contributed by atoms with Gasteiger partial charge in [0, 0.05) is 49.7 Å². The van der Waals surface area contributed by atoms with E-state index in [0.29, 0.717) is 11.5 Å². The summed E-state index contributed by atoms with van der Waals surface area (Å²) in [7, 11) is 0. The molecule has 63 heavy (non-hydrogen) atoms. The number of para-hydroxylation sites is 4. The molecule has 0 aliphatic heterocycles. The van der Waals surface area contributed by atoms with E-state index in [2.05, 4.69) is 216 Å². The summed E-state index contributed by atoms with van der Waals surface area (Å²) >= 11 is 0. The number of nitrogens with zero attached hydrogens (tertiary/aromatic N) is 4. The standard InChI is InChI=1S/C57H38N4O.Pt/c1-57(2)49-27-11-9-23-45(49)48-35-55(58-36-50(48)57)61-51-28-12-10-24-46(51)47-32-31-42(34-54(47)61)62-41-22-15-21-40(33-41)59-37-60(53-30-14-13-29-52(53)59)56-43(38-17-5-3-6-18-38)25-16-26-44(56)39-19-7-4-8-20-39;/h3-32,35-36H,1-2H3;/q-2;. The normalized spacial score (nSPS) is 12.6. The Morgan fingerprint density at radius 3 is 1.95 bits per heavy atom. The molecule has 11 aromatic rings. The maximum absolute atomic E-state index is 6.66. The number of rotatable bonds is 7. The van der Waals surface area contributed by atoms with Gasteiger partial charge in [-0.1, -0.05) is 165 Å². The largest absolute Gasteiger partial charge is 0.510 e. The predicted molar refractivity (Wildman–Crippen MR) is 248 cm³/mol. The van der Waals surface area contributed by atoms with Crippen LogP contribution in [0.1, 0.15) is 25.0 Å². The Morgan fingerprint density at radius 2 is 1.17 bits per heavy atom. The number of aromatic nitrogens is 4. The molecule has 0 fully saturated rings. The minimum Gasteiger partial charge on any atom is -0.510 e. The summed E-state index contributed by atoms with van der Waals surface area (Å²) in [6.07, 6.45) is 5.81. The van der Waals surface area contributed by atoms with Gasteiger partial charge in [0.05, 0.1) is 16.7 Å². The summed E-state index contributed by atoms with van der Waals surface area (Å²) in [5.41, 5.74) is 15.2.